The van der Waals surface area contributed by atoms with E-state index in [2.05, 4.69) is 53.8 Å². The quantitative estimate of drug-likeness (QED) is 0.834. The zero-order valence-corrected chi connectivity index (χ0v) is 9.42. The van der Waals surface area contributed by atoms with E-state index in [4.69, 9.17) is 0 Å². The van der Waals surface area contributed by atoms with Crippen molar-refractivity contribution in [3.63, 3.8) is 0 Å². The Balaban J connectivity index is 2.17. The molecule has 0 aliphatic heterocycles. The summed E-state index contributed by atoms with van der Waals surface area (Å²) < 4.78 is 0. The molecular formula is C13H13NS. The summed E-state index contributed by atoms with van der Waals surface area (Å²) in [5, 5.41) is 3.14. The van der Waals surface area contributed by atoms with Crippen molar-refractivity contribution in [2.75, 3.05) is 12.4 Å². The Labute approximate surface area is 94.5 Å². The first-order valence-electron chi connectivity index (χ1n) is 4.89. The Hall–Kier alpha value is -1.41. The summed E-state index contributed by atoms with van der Waals surface area (Å²) in [5.74, 6) is 0. The lowest BCUT2D eigenvalue weighted by molar-refractivity contribution is 1.39. The highest BCUT2D eigenvalue weighted by molar-refractivity contribution is 7.99. The molecule has 0 aromatic heterocycles. The van der Waals surface area contributed by atoms with Gasteiger partial charge in [-0.2, -0.15) is 0 Å². The number of nitrogens with one attached hydrogen (secondary N) is 1. The molecule has 0 unspecified atom stereocenters. The molecule has 0 fully saturated rings. The van der Waals surface area contributed by atoms with Crippen LogP contribution in [-0.4, -0.2) is 7.05 Å². The molecule has 2 heteroatoms. The van der Waals surface area contributed by atoms with Crippen LogP contribution >= 0.6 is 11.8 Å². The summed E-state index contributed by atoms with van der Waals surface area (Å²) in [7, 11) is 1.94. The van der Waals surface area contributed by atoms with E-state index in [1.54, 1.807) is 11.8 Å². The fraction of sp³-hybridized carbons (Fsp3) is 0.0769. The monoisotopic (exact) mass is 215 g/mol. The van der Waals surface area contributed by atoms with E-state index in [1.807, 2.05) is 13.1 Å². The number of anilines is 1. The predicted molar refractivity (Wildman–Crippen MR) is 66.6 cm³/mol. The summed E-state index contributed by atoms with van der Waals surface area (Å²) in [4.78, 5) is 2.53. The first kappa shape index (κ1) is 10.1. The predicted octanol–water partition coefficient (Wildman–Crippen LogP) is 3.88. The molecule has 0 spiro atoms. The third-order valence-electron chi connectivity index (χ3n) is 2.10. The minimum atomic E-state index is 1.15. The average molecular weight is 215 g/mol. The van der Waals surface area contributed by atoms with Gasteiger partial charge in [-0.1, -0.05) is 36.0 Å². The molecule has 2 aromatic rings. The summed E-state index contributed by atoms with van der Waals surface area (Å²) >= 11 is 1.78. The SMILES string of the molecule is CNc1cccc(Sc2ccccc2)c1. The topological polar surface area (TPSA) is 12.0 Å². The van der Waals surface area contributed by atoms with E-state index in [1.165, 1.54) is 9.79 Å². The van der Waals surface area contributed by atoms with Gasteiger partial charge in [0.15, 0.2) is 0 Å². The van der Waals surface area contributed by atoms with Crippen molar-refractivity contribution >= 4 is 17.4 Å². The molecule has 0 aliphatic rings. The standard InChI is InChI=1S/C13H13NS/c1-14-11-6-5-9-13(10-11)15-12-7-3-2-4-8-12/h2-10,14H,1H3. The second-order valence-electron chi connectivity index (χ2n) is 3.19. The van der Waals surface area contributed by atoms with Crippen LogP contribution in [0.4, 0.5) is 5.69 Å². The van der Waals surface area contributed by atoms with Gasteiger partial charge in [-0.15, -0.1) is 0 Å². The minimum absolute atomic E-state index is 1.15. The molecule has 76 valence electrons. The van der Waals surface area contributed by atoms with Gasteiger partial charge in [0.25, 0.3) is 0 Å². The van der Waals surface area contributed by atoms with Crippen molar-refractivity contribution in [3.8, 4) is 0 Å². The zero-order chi connectivity index (χ0) is 10.5. The second kappa shape index (κ2) is 4.89. The number of benzene rings is 2. The van der Waals surface area contributed by atoms with Gasteiger partial charge in [0.1, 0.15) is 0 Å². The van der Waals surface area contributed by atoms with Crippen molar-refractivity contribution in [1.82, 2.24) is 0 Å². The molecule has 0 atom stereocenters. The molecule has 0 amide bonds. The summed E-state index contributed by atoms with van der Waals surface area (Å²) in [6, 6.07) is 18.8. The molecule has 1 nitrogen and oxygen atoms in total. The zero-order valence-electron chi connectivity index (χ0n) is 8.60. The van der Waals surface area contributed by atoms with Gasteiger partial charge in [-0.25, -0.2) is 0 Å². The van der Waals surface area contributed by atoms with Crippen molar-refractivity contribution in [2.45, 2.75) is 9.79 Å². The Morgan fingerprint density at radius 1 is 0.867 bits per heavy atom. The molecule has 0 bridgehead atoms. The van der Waals surface area contributed by atoms with Crippen LogP contribution in [0.15, 0.2) is 64.4 Å². The van der Waals surface area contributed by atoms with Crippen molar-refractivity contribution in [3.05, 3.63) is 54.6 Å². The molecule has 1 N–H and O–H groups in total. The largest absolute Gasteiger partial charge is 0.388 e. The highest BCUT2D eigenvalue weighted by atomic mass is 32.2. The third kappa shape index (κ3) is 2.77. The van der Waals surface area contributed by atoms with E-state index in [-0.39, 0.29) is 0 Å². The molecule has 2 aromatic carbocycles. The maximum atomic E-state index is 3.14. The van der Waals surface area contributed by atoms with Crippen LogP contribution in [0.2, 0.25) is 0 Å². The van der Waals surface area contributed by atoms with Crippen LogP contribution in [0.5, 0.6) is 0 Å². The molecule has 2 rings (SSSR count). The highest BCUT2D eigenvalue weighted by Crippen LogP contribution is 2.28. The normalized spacial score (nSPS) is 9.93. The Morgan fingerprint density at radius 2 is 1.60 bits per heavy atom. The van der Waals surface area contributed by atoms with Crippen LogP contribution in [0.25, 0.3) is 0 Å². The van der Waals surface area contributed by atoms with Crippen LogP contribution in [-0.2, 0) is 0 Å². The Kier molecular flexibility index (Phi) is 3.30. The molecule has 0 saturated carbocycles. The molecule has 0 radical (unpaired) electrons. The van der Waals surface area contributed by atoms with Crippen molar-refractivity contribution in [2.24, 2.45) is 0 Å². The maximum absolute atomic E-state index is 3.14. The molecule has 0 saturated heterocycles. The smallest absolute Gasteiger partial charge is 0.0348 e. The van der Waals surface area contributed by atoms with E-state index >= 15 is 0 Å². The van der Waals surface area contributed by atoms with Crippen LogP contribution < -0.4 is 5.32 Å². The van der Waals surface area contributed by atoms with Gasteiger partial charge in [-0.05, 0) is 30.3 Å². The first-order valence-corrected chi connectivity index (χ1v) is 5.71. The van der Waals surface area contributed by atoms with E-state index in [9.17, 15) is 0 Å². The maximum Gasteiger partial charge on any atom is 0.0348 e. The number of rotatable bonds is 3. The van der Waals surface area contributed by atoms with Gasteiger partial charge in [0, 0.05) is 22.5 Å². The average Bonchev–Trinajstić information content (AvgIpc) is 2.31. The molecule has 0 heterocycles. The number of hydrogen-bond donors (Lipinski definition) is 1. The van der Waals surface area contributed by atoms with Gasteiger partial charge in [0.05, 0.1) is 0 Å². The Bertz CT molecular complexity index is 426. The fourth-order valence-electron chi connectivity index (χ4n) is 1.34. The summed E-state index contributed by atoms with van der Waals surface area (Å²) in [6.07, 6.45) is 0. The molecule has 0 aliphatic carbocycles. The van der Waals surface area contributed by atoms with Crippen LogP contribution in [0.1, 0.15) is 0 Å². The lowest BCUT2D eigenvalue weighted by Crippen LogP contribution is -1.86. The molecule has 15 heavy (non-hydrogen) atoms. The van der Waals surface area contributed by atoms with E-state index in [0.717, 1.165) is 5.69 Å². The fourth-order valence-corrected chi connectivity index (χ4v) is 2.24. The van der Waals surface area contributed by atoms with Gasteiger partial charge in [-0.3, -0.25) is 0 Å². The molecular weight excluding hydrogens is 202 g/mol. The summed E-state index contributed by atoms with van der Waals surface area (Å²) in [6.45, 7) is 0. The van der Waals surface area contributed by atoms with Crippen molar-refractivity contribution in [1.29, 1.82) is 0 Å². The highest BCUT2D eigenvalue weighted by Gasteiger charge is 1.96. The van der Waals surface area contributed by atoms with Gasteiger partial charge < -0.3 is 5.32 Å². The Morgan fingerprint density at radius 3 is 2.33 bits per heavy atom. The van der Waals surface area contributed by atoms with Crippen molar-refractivity contribution < 1.29 is 0 Å². The lowest BCUT2D eigenvalue weighted by Gasteiger charge is -2.04. The lowest BCUT2D eigenvalue weighted by atomic mass is 10.3. The second-order valence-corrected chi connectivity index (χ2v) is 4.34. The minimum Gasteiger partial charge on any atom is -0.388 e. The van der Waals surface area contributed by atoms with E-state index < -0.39 is 0 Å². The van der Waals surface area contributed by atoms with Crippen LogP contribution in [0, 0.1) is 0 Å². The van der Waals surface area contributed by atoms with Gasteiger partial charge >= 0.3 is 0 Å². The van der Waals surface area contributed by atoms with Gasteiger partial charge in [0.2, 0.25) is 0 Å². The summed E-state index contributed by atoms with van der Waals surface area (Å²) in [5.41, 5.74) is 1.15. The third-order valence-corrected chi connectivity index (χ3v) is 3.10. The first-order chi connectivity index (χ1) is 7.38. The van der Waals surface area contributed by atoms with E-state index in [0.29, 0.717) is 0 Å². The van der Waals surface area contributed by atoms with Crippen LogP contribution in [0.3, 0.4) is 0 Å². The number of hydrogen-bond acceptors (Lipinski definition) is 2.